The van der Waals surface area contributed by atoms with Crippen LogP contribution in [0, 0.1) is 5.92 Å². The number of nitrogens with zero attached hydrogens (tertiary/aromatic N) is 1. The average molecular weight is 356 g/mol. The third kappa shape index (κ3) is 4.26. The zero-order valence-electron chi connectivity index (χ0n) is 15.5. The van der Waals surface area contributed by atoms with Crippen LogP contribution in [0.5, 0.6) is 11.5 Å². The van der Waals surface area contributed by atoms with Crippen LogP contribution in [-0.4, -0.2) is 22.6 Å². The number of unbranched alkanes of at least 4 members (excludes halogenated alkanes) is 1. The lowest BCUT2D eigenvalue weighted by molar-refractivity contribution is -0.126. The summed E-state index contributed by atoms with van der Waals surface area (Å²) in [5.74, 6) is 1.06. The predicted molar refractivity (Wildman–Crippen MR) is 102 cm³/mol. The minimum absolute atomic E-state index is 0.0915. The van der Waals surface area contributed by atoms with Crippen molar-refractivity contribution in [2.75, 3.05) is 6.61 Å². The molecule has 1 aliphatic rings. The average Bonchev–Trinajstić information content (AvgIpc) is 2.68. The smallest absolute Gasteiger partial charge is 0.223 e. The van der Waals surface area contributed by atoms with Gasteiger partial charge >= 0.3 is 0 Å². The molecule has 26 heavy (non-hydrogen) atoms. The maximum absolute atomic E-state index is 12.3. The SMILES string of the molecule is CCCCOc1ccnc2c(O)c(CNC(=O)C3CCCCC3)ccc12. The van der Waals surface area contributed by atoms with Crippen LogP contribution in [0.4, 0.5) is 0 Å². The minimum Gasteiger partial charge on any atom is -0.505 e. The summed E-state index contributed by atoms with van der Waals surface area (Å²) in [7, 11) is 0. The van der Waals surface area contributed by atoms with E-state index in [1.807, 2.05) is 18.2 Å². The number of carbonyl (C=O) groups is 1. The Morgan fingerprint density at radius 1 is 1.27 bits per heavy atom. The number of nitrogens with one attached hydrogen (secondary N) is 1. The van der Waals surface area contributed by atoms with Crippen molar-refractivity contribution in [2.45, 2.75) is 58.4 Å². The highest BCUT2D eigenvalue weighted by Gasteiger charge is 2.21. The second-order valence-corrected chi connectivity index (χ2v) is 7.03. The quantitative estimate of drug-likeness (QED) is 0.725. The molecule has 0 unspecified atom stereocenters. The van der Waals surface area contributed by atoms with Crippen molar-refractivity contribution in [3.05, 3.63) is 30.0 Å². The van der Waals surface area contributed by atoms with Crippen LogP contribution in [0.15, 0.2) is 24.4 Å². The van der Waals surface area contributed by atoms with Crippen LogP contribution in [0.3, 0.4) is 0 Å². The number of hydrogen-bond donors (Lipinski definition) is 2. The Labute approximate surface area is 154 Å². The summed E-state index contributed by atoms with van der Waals surface area (Å²) >= 11 is 0. The van der Waals surface area contributed by atoms with Gasteiger partial charge in [-0.05, 0) is 31.4 Å². The number of aromatic hydroxyl groups is 1. The van der Waals surface area contributed by atoms with E-state index in [0.717, 1.165) is 49.7 Å². The molecule has 0 bridgehead atoms. The van der Waals surface area contributed by atoms with Crippen LogP contribution < -0.4 is 10.1 Å². The van der Waals surface area contributed by atoms with Crippen LogP contribution in [0.25, 0.3) is 10.9 Å². The van der Waals surface area contributed by atoms with E-state index in [4.69, 9.17) is 4.74 Å². The molecule has 1 amide bonds. The molecule has 0 saturated heterocycles. The monoisotopic (exact) mass is 356 g/mol. The zero-order chi connectivity index (χ0) is 18.4. The fourth-order valence-corrected chi connectivity index (χ4v) is 3.51. The molecular weight excluding hydrogens is 328 g/mol. The lowest BCUT2D eigenvalue weighted by Crippen LogP contribution is -2.31. The molecule has 0 spiro atoms. The summed E-state index contributed by atoms with van der Waals surface area (Å²) in [5, 5.41) is 14.4. The number of hydrogen-bond acceptors (Lipinski definition) is 4. The molecule has 2 aromatic rings. The molecule has 0 radical (unpaired) electrons. The third-order valence-corrected chi connectivity index (χ3v) is 5.11. The first-order valence-electron chi connectivity index (χ1n) is 9.70. The summed E-state index contributed by atoms with van der Waals surface area (Å²) in [6, 6.07) is 5.57. The Hall–Kier alpha value is -2.30. The molecule has 2 N–H and O–H groups in total. The standard InChI is InChI=1S/C21H28N2O3/c1-2-3-13-26-18-11-12-22-19-17(18)10-9-16(20(19)24)14-23-21(25)15-7-5-4-6-8-15/h9-12,15,24H,2-8,13-14H2,1H3,(H,23,25). The fraction of sp³-hybridized carbons (Fsp3) is 0.524. The van der Waals surface area contributed by atoms with Gasteiger partial charge in [-0.15, -0.1) is 0 Å². The lowest BCUT2D eigenvalue weighted by atomic mass is 9.88. The summed E-state index contributed by atoms with van der Waals surface area (Å²) < 4.78 is 5.81. The number of fused-ring (bicyclic) bond motifs is 1. The van der Waals surface area contributed by atoms with Gasteiger partial charge in [0.1, 0.15) is 17.0 Å². The minimum atomic E-state index is 0.0915. The normalized spacial score (nSPS) is 15.1. The Morgan fingerprint density at radius 3 is 2.85 bits per heavy atom. The molecular formula is C21H28N2O3. The second kappa shape index (κ2) is 8.88. The number of carbonyl (C=O) groups excluding carboxylic acids is 1. The molecule has 140 valence electrons. The predicted octanol–water partition coefficient (Wildman–Crippen LogP) is 4.32. The zero-order valence-corrected chi connectivity index (χ0v) is 15.5. The van der Waals surface area contributed by atoms with Gasteiger partial charge in [0.2, 0.25) is 5.91 Å². The number of benzene rings is 1. The van der Waals surface area contributed by atoms with Crippen molar-refractivity contribution in [1.29, 1.82) is 0 Å². The summed E-state index contributed by atoms with van der Waals surface area (Å²) in [6.07, 6.45) is 9.12. The van der Waals surface area contributed by atoms with Crippen molar-refractivity contribution in [3.63, 3.8) is 0 Å². The second-order valence-electron chi connectivity index (χ2n) is 7.03. The molecule has 1 aliphatic carbocycles. The number of phenolic OH excluding ortho intramolecular Hbond substituents is 1. The van der Waals surface area contributed by atoms with Gasteiger partial charge in [0.15, 0.2) is 0 Å². The molecule has 1 aromatic carbocycles. The molecule has 1 fully saturated rings. The number of ether oxygens (including phenoxy) is 1. The van der Waals surface area contributed by atoms with E-state index in [9.17, 15) is 9.90 Å². The van der Waals surface area contributed by atoms with Gasteiger partial charge in [-0.3, -0.25) is 9.78 Å². The van der Waals surface area contributed by atoms with E-state index in [2.05, 4.69) is 17.2 Å². The van der Waals surface area contributed by atoms with Gasteiger partial charge in [-0.1, -0.05) is 38.7 Å². The Morgan fingerprint density at radius 2 is 2.08 bits per heavy atom. The largest absolute Gasteiger partial charge is 0.505 e. The topological polar surface area (TPSA) is 71.5 Å². The van der Waals surface area contributed by atoms with Crippen molar-refractivity contribution >= 4 is 16.8 Å². The summed E-state index contributed by atoms with van der Waals surface area (Å²) in [4.78, 5) is 16.6. The highest BCUT2D eigenvalue weighted by atomic mass is 16.5. The third-order valence-electron chi connectivity index (χ3n) is 5.11. The van der Waals surface area contributed by atoms with Crippen LogP contribution >= 0.6 is 0 Å². The van der Waals surface area contributed by atoms with Gasteiger partial charge in [-0.2, -0.15) is 0 Å². The first kappa shape index (κ1) is 18.5. The number of amides is 1. The highest BCUT2D eigenvalue weighted by Crippen LogP contribution is 2.33. The van der Waals surface area contributed by atoms with E-state index in [1.165, 1.54) is 6.42 Å². The summed E-state index contributed by atoms with van der Waals surface area (Å²) in [5.41, 5.74) is 1.20. The van der Waals surface area contributed by atoms with Gasteiger partial charge in [0.05, 0.1) is 6.61 Å². The van der Waals surface area contributed by atoms with Crippen molar-refractivity contribution in [2.24, 2.45) is 5.92 Å². The van der Waals surface area contributed by atoms with E-state index in [0.29, 0.717) is 24.2 Å². The van der Waals surface area contributed by atoms with Crippen LogP contribution in [0.1, 0.15) is 57.4 Å². The molecule has 5 heteroatoms. The van der Waals surface area contributed by atoms with E-state index < -0.39 is 0 Å². The maximum atomic E-state index is 12.3. The molecule has 0 atom stereocenters. The Kier molecular flexibility index (Phi) is 6.31. The van der Waals surface area contributed by atoms with Crippen LogP contribution in [-0.2, 0) is 11.3 Å². The fourth-order valence-electron chi connectivity index (χ4n) is 3.51. The first-order valence-corrected chi connectivity index (χ1v) is 9.70. The number of phenols is 1. The number of pyridine rings is 1. The molecule has 1 saturated carbocycles. The van der Waals surface area contributed by atoms with Crippen LogP contribution in [0.2, 0.25) is 0 Å². The lowest BCUT2D eigenvalue weighted by Gasteiger charge is -2.21. The molecule has 5 nitrogen and oxygen atoms in total. The Balaban J connectivity index is 1.71. The number of rotatable bonds is 7. The van der Waals surface area contributed by atoms with Crippen molar-refractivity contribution in [1.82, 2.24) is 10.3 Å². The first-order chi connectivity index (χ1) is 12.7. The molecule has 1 aromatic heterocycles. The van der Waals surface area contributed by atoms with Crippen molar-refractivity contribution < 1.29 is 14.6 Å². The maximum Gasteiger partial charge on any atom is 0.223 e. The van der Waals surface area contributed by atoms with Gasteiger partial charge in [0.25, 0.3) is 0 Å². The van der Waals surface area contributed by atoms with E-state index in [1.54, 1.807) is 6.20 Å². The van der Waals surface area contributed by atoms with Gasteiger partial charge < -0.3 is 15.2 Å². The van der Waals surface area contributed by atoms with Gasteiger partial charge in [0, 0.05) is 29.6 Å². The number of aromatic nitrogens is 1. The van der Waals surface area contributed by atoms with E-state index >= 15 is 0 Å². The molecule has 1 heterocycles. The summed E-state index contributed by atoms with van der Waals surface area (Å²) in [6.45, 7) is 3.09. The highest BCUT2D eigenvalue weighted by molar-refractivity contribution is 5.90. The Bertz CT molecular complexity index is 754. The molecule has 3 rings (SSSR count). The molecule has 0 aliphatic heterocycles. The van der Waals surface area contributed by atoms with E-state index in [-0.39, 0.29) is 17.6 Å². The van der Waals surface area contributed by atoms with Crippen molar-refractivity contribution in [3.8, 4) is 11.5 Å². The van der Waals surface area contributed by atoms with Gasteiger partial charge in [-0.25, -0.2) is 0 Å².